The van der Waals surface area contributed by atoms with Crippen molar-refractivity contribution in [3.8, 4) is 5.75 Å². The number of rotatable bonds is 4. The van der Waals surface area contributed by atoms with Crippen molar-refractivity contribution in [2.24, 2.45) is 11.3 Å². The van der Waals surface area contributed by atoms with Gasteiger partial charge in [0.25, 0.3) is 0 Å². The van der Waals surface area contributed by atoms with Crippen molar-refractivity contribution in [1.82, 2.24) is 4.90 Å². The van der Waals surface area contributed by atoms with E-state index in [1.807, 2.05) is 24.3 Å². The van der Waals surface area contributed by atoms with Crippen molar-refractivity contribution >= 4 is 5.78 Å². The van der Waals surface area contributed by atoms with Crippen LogP contribution in [-0.4, -0.2) is 37.4 Å². The van der Waals surface area contributed by atoms with Crippen LogP contribution in [0.5, 0.6) is 5.75 Å². The Bertz CT molecular complexity index is 482. The van der Waals surface area contributed by atoms with Crippen molar-refractivity contribution in [3.63, 3.8) is 0 Å². The maximum Gasteiger partial charge on any atom is 0.166 e. The summed E-state index contributed by atoms with van der Waals surface area (Å²) in [5, 5.41) is 0. The number of Topliss-reactive ketones (excluding diaryl/α,β-unsaturated/α-hetero) is 1. The molecule has 3 nitrogen and oxygen atoms in total. The Hall–Kier alpha value is -1.35. The maximum atomic E-state index is 12.6. The number of hydrogen-bond donors (Lipinski definition) is 0. The van der Waals surface area contributed by atoms with E-state index >= 15 is 0 Å². The van der Waals surface area contributed by atoms with Crippen LogP contribution in [0.4, 0.5) is 0 Å². The molecule has 0 saturated carbocycles. The minimum atomic E-state index is 0.160. The molecule has 0 spiro atoms. The normalized spacial score (nSPS) is 17.7. The molecule has 2 rings (SSSR count). The lowest BCUT2D eigenvalue weighted by Crippen LogP contribution is -2.40. The quantitative estimate of drug-likeness (QED) is 0.793. The summed E-state index contributed by atoms with van der Waals surface area (Å²) in [6.07, 6.45) is 1.93. The van der Waals surface area contributed by atoms with Gasteiger partial charge >= 0.3 is 0 Å². The van der Waals surface area contributed by atoms with Gasteiger partial charge < -0.3 is 9.64 Å². The Balaban J connectivity index is 1.94. The van der Waals surface area contributed by atoms with E-state index in [4.69, 9.17) is 4.74 Å². The highest BCUT2D eigenvalue weighted by molar-refractivity contribution is 5.98. The average molecular weight is 289 g/mol. The largest absolute Gasteiger partial charge is 0.497 e. The molecule has 0 aliphatic carbocycles. The highest BCUT2D eigenvalue weighted by Crippen LogP contribution is 2.25. The van der Waals surface area contributed by atoms with Gasteiger partial charge in [-0.2, -0.15) is 0 Å². The molecule has 1 aliphatic rings. The third-order valence-corrected chi connectivity index (χ3v) is 4.01. The van der Waals surface area contributed by atoms with Gasteiger partial charge in [-0.25, -0.2) is 0 Å². The number of likely N-dealkylation sites (tertiary alicyclic amines) is 1. The first-order valence-electron chi connectivity index (χ1n) is 7.80. The van der Waals surface area contributed by atoms with Gasteiger partial charge in [0.15, 0.2) is 5.78 Å². The molecule has 1 heterocycles. The zero-order chi connectivity index (χ0) is 15.5. The minimum Gasteiger partial charge on any atom is -0.497 e. The Morgan fingerprint density at radius 3 is 2.52 bits per heavy atom. The SMILES string of the molecule is COc1cccc(C(=O)C2CCN(CC(C)(C)C)CC2)c1. The summed E-state index contributed by atoms with van der Waals surface area (Å²) in [7, 11) is 1.63. The summed E-state index contributed by atoms with van der Waals surface area (Å²) in [5.74, 6) is 1.18. The molecule has 1 fully saturated rings. The summed E-state index contributed by atoms with van der Waals surface area (Å²) in [4.78, 5) is 15.1. The van der Waals surface area contributed by atoms with E-state index in [1.165, 1.54) is 0 Å². The third-order valence-electron chi connectivity index (χ3n) is 4.01. The highest BCUT2D eigenvalue weighted by Gasteiger charge is 2.27. The zero-order valence-electron chi connectivity index (χ0n) is 13.7. The lowest BCUT2D eigenvalue weighted by Gasteiger charge is -2.35. The Morgan fingerprint density at radius 1 is 1.29 bits per heavy atom. The zero-order valence-corrected chi connectivity index (χ0v) is 13.7. The Labute approximate surface area is 128 Å². The lowest BCUT2D eigenvalue weighted by molar-refractivity contribution is 0.0806. The second-order valence-corrected chi connectivity index (χ2v) is 7.21. The van der Waals surface area contributed by atoms with Crippen molar-refractivity contribution in [2.75, 3.05) is 26.7 Å². The number of ketones is 1. The molecule has 0 amide bonds. The van der Waals surface area contributed by atoms with E-state index in [9.17, 15) is 4.79 Å². The fourth-order valence-electron chi connectivity index (χ4n) is 3.04. The molecule has 21 heavy (non-hydrogen) atoms. The Morgan fingerprint density at radius 2 is 1.95 bits per heavy atom. The molecular formula is C18H27NO2. The number of hydrogen-bond acceptors (Lipinski definition) is 3. The monoisotopic (exact) mass is 289 g/mol. The molecule has 0 radical (unpaired) electrons. The van der Waals surface area contributed by atoms with E-state index < -0.39 is 0 Å². The fourth-order valence-corrected chi connectivity index (χ4v) is 3.04. The van der Waals surface area contributed by atoms with E-state index in [2.05, 4.69) is 25.7 Å². The fraction of sp³-hybridized carbons (Fsp3) is 0.611. The number of carbonyl (C=O) groups is 1. The molecule has 1 saturated heterocycles. The van der Waals surface area contributed by atoms with Gasteiger partial charge in [-0.05, 0) is 43.5 Å². The number of carbonyl (C=O) groups excluding carboxylic acids is 1. The van der Waals surface area contributed by atoms with Crippen LogP contribution in [0.2, 0.25) is 0 Å². The number of benzene rings is 1. The van der Waals surface area contributed by atoms with Gasteiger partial charge in [-0.3, -0.25) is 4.79 Å². The molecular weight excluding hydrogens is 262 g/mol. The molecule has 0 bridgehead atoms. The van der Waals surface area contributed by atoms with E-state index in [-0.39, 0.29) is 11.7 Å². The first-order chi connectivity index (χ1) is 9.89. The van der Waals surface area contributed by atoms with Crippen LogP contribution in [0.3, 0.4) is 0 Å². The topological polar surface area (TPSA) is 29.5 Å². The van der Waals surface area contributed by atoms with Crippen LogP contribution >= 0.6 is 0 Å². The number of methoxy groups -OCH3 is 1. The van der Waals surface area contributed by atoms with Crippen LogP contribution in [0.25, 0.3) is 0 Å². The van der Waals surface area contributed by atoms with E-state index in [0.29, 0.717) is 5.41 Å². The van der Waals surface area contributed by atoms with Crippen LogP contribution in [0.1, 0.15) is 44.0 Å². The molecule has 0 aromatic heterocycles. The van der Waals surface area contributed by atoms with Gasteiger partial charge in [0.1, 0.15) is 5.75 Å². The molecule has 0 unspecified atom stereocenters. The van der Waals surface area contributed by atoms with Crippen LogP contribution in [-0.2, 0) is 0 Å². The molecule has 0 atom stereocenters. The van der Waals surface area contributed by atoms with Crippen LogP contribution in [0.15, 0.2) is 24.3 Å². The smallest absolute Gasteiger partial charge is 0.166 e. The van der Waals surface area contributed by atoms with Crippen LogP contribution < -0.4 is 4.74 Å². The second-order valence-electron chi connectivity index (χ2n) is 7.21. The van der Waals surface area contributed by atoms with Crippen molar-refractivity contribution in [2.45, 2.75) is 33.6 Å². The third kappa shape index (κ3) is 4.57. The first kappa shape index (κ1) is 16.0. The molecule has 3 heteroatoms. The maximum absolute atomic E-state index is 12.6. The Kier molecular flexibility index (Phi) is 5.04. The van der Waals surface area contributed by atoms with Crippen molar-refractivity contribution in [3.05, 3.63) is 29.8 Å². The first-order valence-corrected chi connectivity index (χ1v) is 7.80. The highest BCUT2D eigenvalue weighted by atomic mass is 16.5. The predicted octanol–water partition coefficient (Wildman–Crippen LogP) is 3.64. The number of ether oxygens (including phenoxy) is 1. The summed E-state index contributed by atoms with van der Waals surface area (Å²) in [6, 6.07) is 7.51. The summed E-state index contributed by atoms with van der Waals surface area (Å²) in [5.41, 5.74) is 1.10. The van der Waals surface area contributed by atoms with Gasteiger partial charge in [-0.1, -0.05) is 32.9 Å². The number of nitrogens with zero attached hydrogens (tertiary/aromatic N) is 1. The molecule has 1 aromatic carbocycles. The van der Waals surface area contributed by atoms with Crippen molar-refractivity contribution < 1.29 is 9.53 Å². The molecule has 1 aliphatic heterocycles. The molecule has 1 aromatic rings. The van der Waals surface area contributed by atoms with Crippen LogP contribution in [0, 0.1) is 11.3 Å². The van der Waals surface area contributed by atoms with E-state index in [1.54, 1.807) is 7.11 Å². The molecule has 116 valence electrons. The predicted molar refractivity (Wildman–Crippen MR) is 85.9 cm³/mol. The molecule has 0 N–H and O–H groups in total. The summed E-state index contributed by atoms with van der Waals surface area (Å²) in [6.45, 7) is 9.95. The minimum absolute atomic E-state index is 0.160. The standard InChI is InChI=1S/C18H27NO2/c1-18(2,3)13-19-10-8-14(9-11-19)17(20)15-6-5-7-16(12-15)21-4/h5-7,12,14H,8-11,13H2,1-4H3. The van der Waals surface area contributed by atoms with Gasteiger partial charge in [-0.15, -0.1) is 0 Å². The number of piperidine rings is 1. The van der Waals surface area contributed by atoms with E-state index in [0.717, 1.165) is 43.8 Å². The summed E-state index contributed by atoms with van der Waals surface area (Å²) < 4.78 is 5.20. The summed E-state index contributed by atoms with van der Waals surface area (Å²) >= 11 is 0. The van der Waals surface area contributed by atoms with Crippen molar-refractivity contribution in [1.29, 1.82) is 0 Å². The van der Waals surface area contributed by atoms with Gasteiger partial charge in [0.05, 0.1) is 7.11 Å². The second kappa shape index (κ2) is 6.61. The average Bonchev–Trinajstić information content (AvgIpc) is 2.46. The van der Waals surface area contributed by atoms with Gasteiger partial charge in [0.2, 0.25) is 0 Å². The van der Waals surface area contributed by atoms with Gasteiger partial charge in [0, 0.05) is 18.0 Å². The lowest BCUT2D eigenvalue weighted by atomic mass is 9.87.